The summed E-state index contributed by atoms with van der Waals surface area (Å²) in [6, 6.07) is 4.61. The summed E-state index contributed by atoms with van der Waals surface area (Å²) in [4.78, 5) is 4.38. The molecule has 0 amide bonds. The maximum absolute atomic E-state index is 13.8. The van der Waals surface area contributed by atoms with E-state index in [2.05, 4.69) is 9.55 Å². The van der Waals surface area contributed by atoms with Gasteiger partial charge < -0.3 is 18.8 Å². The lowest BCUT2D eigenvalue weighted by Gasteiger charge is -2.19. The van der Waals surface area contributed by atoms with Crippen LogP contribution in [-0.4, -0.2) is 35.5 Å². The second-order valence-corrected chi connectivity index (χ2v) is 5.85. The highest BCUT2D eigenvalue weighted by molar-refractivity contribution is 5.67. The molecule has 122 valence electrons. The molecule has 23 heavy (non-hydrogen) atoms. The zero-order valence-corrected chi connectivity index (χ0v) is 12.8. The van der Waals surface area contributed by atoms with Crippen molar-refractivity contribution in [3.63, 3.8) is 0 Å². The number of benzene rings is 1. The van der Waals surface area contributed by atoms with Gasteiger partial charge in [0.25, 0.3) is 0 Å². The molecule has 1 atom stereocenters. The first-order valence-electron chi connectivity index (χ1n) is 7.98. The Morgan fingerprint density at radius 2 is 2.30 bits per heavy atom. The van der Waals surface area contributed by atoms with Gasteiger partial charge in [-0.05, 0) is 31.0 Å². The van der Waals surface area contributed by atoms with Crippen molar-refractivity contribution in [2.24, 2.45) is 0 Å². The van der Waals surface area contributed by atoms with Crippen molar-refractivity contribution in [1.82, 2.24) is 9.55 Å². The van der Waals surface area contributed by atoms with Crippen molar-refractivity contribution in [3.05, 3.63) is 36.0 Å². The SMILES string of the molecule is Fc1ccc(OCC2CCCO2)c(-c2cnc3n2CCOC3)c1. The first-order chi connectivity index (χ1) is 11.3. The normalized spacial score (nSPS) is 20.5. The summed E-state index contributed by atoms with van der Waals surface area (Å²) in [5, 5.41) is 0. The van der Waals surface area contributed by atoms with E-state index in [0.29, 0.717) is 32.1 Å². The van der Waals surface area contributed by atoms with Gasteiger partial charge in [0, 0.05) is 18.7 Å². The summed E-state index contributed by atoms with van der Waals surface area (Å²) >= 11 is 0. The van der Waals surface area contributed by atoms with Crippen molar-refractivity contribution in [3.8, 4) is 17.0 Å². The van der Waals surface area contributed by atoms with E-state index in [-0.39, 0.29) is 11.9 Å². The average molecular weight is 318 g/mol. The van der Waals surface area contributed by atoms with Gasteiger partial charge in [-0.3, -0.25) is 0 Å². The molecule has 1 fully saturated rings. The summed E-state index contributed by atoms with van der Waals surface area (Å²) < 4.78 is 32.8. The van der Waals surface area contributed by atoms with E-state index in [0.717, 1.165) is 36.5 Å². The van der Waals surface area contributed by atoms with E-state index < -0.39 is 0 Å². The van der Waals surface area contributed by atoms with Gasteiger partial charge in [0.15, 0.2) is 0 Å². The van der Waals surface area contributed by atoms with E-state index in [4.69, 9.17) is 14.2 Å². The predicted octanol–water partition coefficient (Wildman–Crippen LogP) is 2.78. The van der Waals surface area contributed by atoms with E-state index >= 15 is 0 Å². The maximum Gasteiger partial charge on any atom is 0.135 e. The highest BCUT2D eigenvalue weighted by Crippen LogP contribution is 2.33. The molecule has 0 aliphatic carbocycles. The maximum atomic E-state index is 13.8. The fourth-order valence-electron chi connectivity index (χ4n) is 3.10. The lowest BCUT2D eigenvalue weighted by Crippen LogP contribution is -2.18. The molecule has 0 N–H and O–H groups in total. The Morgan fingerprint density at radius 1 is 1.35 bits per heavy atom. The molecule has 2 aliphatic rings. The molecule has 0 bridgehead atoms. The van der Waals surface area contributed by atoms with Gasteiger partial charge in [0.05, 0.1) is 24.6 Å². The van der Waals surface area contributed by atoms with E-state index in [1.54, 1.807) is 12.3 Å². The van der Waals surface area contributed by atoms with Crippen LogP contribution in [0.25, 0.3) is 11.3 Å². The fraction of sp³-hybridized carbons (Fsp3) is 0.471. The zero-order valence-electron chi connectivity index (χ0n) is 12.8. The highest BCUT2D eigenvalue weighted by Gasteiger charge is 2.21. The number of fused-ring (bicyclic) bond motifs is 1. The number of nitrogens with zero attached hydrogens (tertiary/aromatic N) is 2. The van der Waals surface area contributed by atoms with Crippen LogP contribution in [-0.2, 0) is 22.6 Å². The number of halogens is 1. The fourth-order valence-corrected chi connectivity index (χ4v) is 3.10. The second-order valence-electron chi connectivity index (χ2n) is 5.85. The quantitative estimate of drug-likeness (QED) is 0.869. The van der Waals surface area contributed by atoms with E-state index in [1.807, 2.05) is 0 Å². The number of ether oxygens (including phenoxy) is 3. The molecule has 1 aromatic heterocycles. The Labute approximate surface area is 134 Å². The third-order valence-electron chi connectivity index (χ3n) is 4.29. The van der Waals surface area contributed by atoms with Gasteiger partial charge >= 0.3 is 0 Å². The van der Waals surface area contributed by atoms with Gasteiger partial charge in [-0.15, -0.1) is 0 Å². The molecule has 5 nitrogen and oxygen atoms in total. The molecular weight excluding hydrogens is 299 g/mol. The Bertz CT molecular complexity index is 695. The molecule has 4 rings (SSSR count). The molecule has 0 radical (unpaired) electrons. The Hall–Kier alpha value is -1.92. The lowest BCUT2D eigenvalue weighted by molar-refractivity contribution is 0.0680. The van der Waals surface area contributed by atoms with Crippen molar-refractivity contribution in [2.45, 2.75) is 32.1 Å². The Kier molecular flexibility index (Phi) is 4.01. The summed E-state index contributed by atoms with van der Waals surface area (Å²) in [7, 11) is 0. The average Bonchev–Trinajstić information content (AvgIpc) is 3.23. The molecule has 6 heteroatoms. The predicted molar refractivity (Wildman–Crippen MR) is 81.7 cm³/mol. The van der Waals surface area contributed by atoms with E-state index in [9.17, 15) is 4.39 Å². The van der Waals surface area contributed by atoms with Crippen LogP contribution < -0.4 is 4.74 Å². The van der Waals surface area contributed by atoms with Gasteiger partial charge in [-0.25, -0.2) is 9.37 Å². The van der Waals surface area contributed by atoms with Crippen LogP contribution in [0.5, 0.6) is 5.75 Å². The van der Waals surface area contributed by atoms with Crippen molar-refractivity contribution < 1.29 is 18.6 Å². The lowest BCUT2D eigenvalue weighted by atomic mass is 10.1. The highest BCUT2D eigenvalue weighted by atomic mass is 19.1. The molecule has 1 aromatic carbocycles. The van der Waals surface area contributed by atoms with Gasteiger partial charge in [-0.1, -0.05) is 0 Å². The number of rotatable bonds is 4. The summed E-state index contributed by atoms with van der Waals surface area (Å²) in [6.45, 7) is 3.12. The third kappa shape index (κ3) is 2.96. The first-order valence-corrected chi connectivity index (χ1v) is 7.98. The van der Waals surface area contributed by atoms with Gasteiger partial charge in [-0.2, -0.15) is 0 Å². The third-order valence-corrected chi connectivity index (χ3v) is 4.29. The van der Waals surface area contributed by atoms with Crippen LogP contribution >= 0.6 is 0 Å². The van der Waals surface area contributed by atoms with Crippen molar-refractivity contribution in [1.29, 1.82) is 0 Å². The van der Waals surface area contributed by atoms with Crippen LogP contribution in [0.4, 0.5) is 4.39 Å². The van der Waals surface area contributed by atoms with Crippen LogP contribution in [0.3, 0.4) is 0 Å². The molecule has 2 aliphatic heterocycles. The van der Waals surface area contributed by atoms with Crippen molar-refractivity contribution >= 4 is 0 Å². The zero-order chi connectivity index (χ0) is 15.6. The second kappa shape index (κ2) is 6.29. The molecular formula is C17H19FN2O3. The van der Waals surface area contributed by atoms with E-state index in [1.165, 1.54) is 12.1 Å². The minimum absolute atomic E-state index is 0.126. The smallest absolute Gasteiger partial charge is 0.135 e. The first kappa shape index (κ1) is 14.7. The van der Waals surface area contributed by atoms with Crippen LogP contribution in [0.2, 0.25) is 0 Å². The molecule has 0 saturated carbocycles. The standard InChI is InChI=1S/C17H19FN2O3/c18-12-3-4-16(23-10-13-2-1-6-22-13)14(8-12)15-9-19-17-11-21-7-5-20(15)17/h3-4,8-9,13H,1-2,5-7,10-11H2. The molecule has 0 spiro atoms. The topological polar surface area (TPSA) is 45.5 Å². The van der Waals surface area contributed by atoms with Gasteiger partial charge in [0.1, 0.15) is 30.6 Å². The van der Waals surface area contributed by atoms with Crippen LogP contribution in [0, 0.1) is 5.82 Å². The van der Waals surface area contributed by atoms with Gasteiger partial charge in [0.2, 0.25) is 0 Å². The molecule has 3 heterocycles. The summed E-state index contributed by atoms with van der Waals surface area (Å²) in [5.74, 6) is 1.24. The Morgan fingerprint density at radius 3 is 3.17 bits per heavy atom. The Balaban J connectivity index is 1.64. The number of aromatic nitrogens is 2. The number of imidazole rings is 1. The summed E-state index contributed by atoms with van der Waals surface area (Å²) in [6.07, 6.45) is 3.97. The van der Waals surface area contributed by atoms with Crippen LogP contribution in [0.15, 0.2) is 24.4 Å². The number of hydrogen-bond acceptors (Lipinski definition) is 4. The van der Waals surface area contributed by atoms with Crippen molar-refractivity contribution in [2.75, 3.05) is 19.8 Å². The molecule has 2 aromatic rings. The minimum atomic E-state index is -0.285. The monoisotopic (exact) mass is 318 g/mol. The molecule has 1 saturated heterocycles. The number of hydrogen-bond donors (Lipinski definition) is 0. The van der Waals surface area contributed by atoms with Crippen LogP contribution in [0.1, 0.15) is 18.7 Å². The summed E-state index contributed by atoms with van der Waals surface area (Å²) in [5.41, 5.74) is 1.59. The largest absolute Gasteiger partial charge is 0.490 e. The minimum Gasteiger partial charge on any atom is -0.490 e. The molecule has 1 unspecified atom stereocenters.